The molecule has 0 N–H and O–H groups in total. The molecule has 0 bridgehead atoms. The second-order valence-electron chi connectivity index (χ2n) is 4.96. The van der Waals surface area contributed by atoms with Crippen LogP contribution in [0.15, 0.2) is 6.07 Å². The van der Waals surface area contributed by atoms with Gasteiger partial charge in [0.15, 0.2) is 0 Å². The van der Waals surface area contributed by atoms with Crippen LogP contribution in [0.25, 0.3) is 0 Å². The standard InChI is InChI=1S/C11H15ClN2/c1-11(2,3)8-6-9(12)14-10(13-8)7-4-5-7/h6-7H,4-5H2,1-3H3. The minimum Gasteiger partial charge on any atom is -0.237 e. The van der Waals surface area contributed by atoms with Gasteiger partial charge in [-0.1, -0.05) is 32.4 Å². The maximum absolute atomic E-state index is 5.98. The summed E-state index contributed by atoms with van der Waals surface area (Å²) in [7, 11) is 0. The highest BCUT2D eigenvalue weighted by Crippen LogP contribution is 2.39. The molecular weight excluding hydrogens is 196 g/mol. The van der Waals surface area contributed by atoms with E-state index in [4.69, 9.17) is 11.6 Å². The number of hydrogen-bond acceptors (Lipinski definition) is 2. The first-order valence-corrected chi connectivity index (χ1v) is 5.39. The molecule has 0 unspecified atom stereocenters. The molecule has 0 saturated heterocycles. The van der Waals surface area contributed by atoms with Crippen LogP contribution in [-0.4, -0.2) is 9.97 Å². The number of rotatable bonds is 1. The maximum Gasteiger partial charge on any atom is 0.133 e. The molecule has 1 fully saturated rings. The topological polar surface area (TPSA) is 25.8 Å². The van der Waals surface area contributed by atoms with Crippen LogP contribution in [0.2, 0.25) is 5.15 Å². The van der Waals surface area contributed by atoms with Crippen molar-refractivity contribution < 1.29 is 0 Å². The van der Waals surface area contributed by atoms with E-state index < -0.39 is 0 Å². The third-order valence-corrected chi connectivity index (χ3v) is 2.62. The van der Waals surface area contributed by atoms with E-state index in [0.29, 0.717) is 11.1 Å². The van der Waals surface area contributed by atoms with Gasteiger partial charge in [-0.15, -0.1) is 0 Å². The van der Waals surface area contributed by atoms with Crippen LogP contribution in [0.5, 0.6) is 0 Å². The van der Waals surface area contributed by atoms with Crippen molar-refractivity contribution in [2.45, 2.75) is 44.9 Å². The van der Waals surface area contributed by atoms with Crippen molar-refractivity contribution in [2.24, 2.45) is 0 Å². The first-order valence-electron chi connectivity index (χ1n) is 5.02. The molecule has 0 amide bonds. The second kappa shape index (κ2) is 3.20. The van der Waals surface area contributed by atoms with Crippen molar-refractivity contribution in [1.29, 1.82) is 0 Å². The van der Waals surface area contributed by atoms with Gasteiger partial charge in [0.1, 0.15) is 11.0 Å². The van der Waals surface area contributed by atoms with Gasteiger partial charge in [0.2, 0.25) is 0 Å². The first kappa shape index (κ1) is 9.91. The number of nitrogens with zero attached hydrogens (tertiary/aromatic N) is 2. The van der Waals surface area contributed by atoms with E-state index in [1.165, 1.54) is 12.8 Å². The van der Waals surface area contributed by atoms with Gasteiger partial charge in [-0.2, -0.15) is 0 Å². The van der Waals surface area contributed by atoms with Crippen LogP contribution in [0, 0.1) is 0 Å². The summed E-state index contributed by atoms with van der Waals surface area (Å²) < 4.78 is 0. The normalized spacial score (nSPS) is 17.1. The molecule has 1 aliphatic carbocycles. The maximum atomic E-state index is 5.98. The van der Waals surface area contributed by atoms with Gasteiger partial charge in [-0.25, -0.2) is 9.97 Å². The summed E-state index contributed by atoms with van der Waals surface area (Å²) in [6.07, 6.45) is 2.42. The van der Waals surface area contributed by atoms with Crippen LogP contribution in [0.1, 0.15) is 51.0 Å². The van der Waals surface area contributed by atoms with Crippen LogP contribution >= 0.6 is 11.6 Å². The lowest BCUT2D eigenvalue weighted by Gasteiger charge is -2.18. The lowest BCUT2D eigenvalue weighted by molar-refractivity contribution is 0.562. The Kier molecular flexibility index (Phi) is 2.26. The van der Waals surface area contributed by atoms with Crippen molar-refractivity contribution in [3.05, 3.63) is 22.7 Å². The Labute approximate surface area is 89.7 Å². The highest BCUT2D eigenvalue weighted by atomic mass is 35.5. The Morgan fingerprint density at radius 1 is 1.29 bits per heavy atom. The third kappa shape index (κ3) is 2.06. The van der Waals surface area contributed by atoms with E-state index in [-0.39, 0.29) is 5.41 Å². The lowest BCUT2D eigenvalue weighted by Crippen LogP contribution is -2.15. The predicted octanol–water partition coefficient (Wildman–Crippen LogP) is 3.30. The highest BCUT2D eigenvalue weighted by molar-refractivity contribution is 6.29. The summed E-state index contributed by atoms with van der Waals surface area (Å²) in [5.41, 5.74) is 1.09. The zero-order valence-electron chi connectivity index (χ0n) is 8.84. The summed E-state index contributed by atoms with van der Waals surface area (Å²) in [5.74, 6) is 1.50. The Morgan fingerprint density at radius 3 is 2.43 bits per heavy atom. The zero-order chi connectivity index (χ0) is 10.3. The predicted molar refractivity (Wildman–Crippen MR) is 57.7 cm³/mol. The molecule has 1 aliphatic rings. The van der Waals surface area contributed by atoms with Crippen LogP contribution < -0.4 is 0 Å². The monoisotopic (exact) mass is 210 g/mol. The summed E-state index contributed by atoms with van der Waals surface area (Å²) >= 11 is 5.98. The Hall–Kier alpha value is -0.630. The average molecular weight is 211 g/mol. The molecule has 2 nitrogen and oxygen atoms in total. The van der Waals surface area contributed by atoms with E-state index in [9.17, 15) is 0 Å². The Bertz CT molecular complexity index is 351. The second-order valence-corrected chi connectivity index (χ2v) is 5.35. The van der Waals surface area contributed by atoms with Crippen molar-refractivity contribution in [1.82, 2.24) is 9.97 Å². The molecule has 0 aromatic carbocycles. The molecular formula is C11H15ClN2. The molecule has 3 heteroatoms. The molecule has 76 valence electrons. The van der Waals surface area contributed by atoms with Crippen LogP contribution in [-0.2, 0) is 5.41 Å². The zero-order valence-corrected chi connectivity index (χ0v) is 9.60. The van der Waals surface area contributed by atoms with Crippen molar-refractivity contribution in [3.8, 4) is 0 Å². The molecule has 1 saturated carbocycles. The van der Waals surface area contributed by atoms with Gasteiger partial charge in [0, 0.05) is 11.3 Å². The molecule has 0 aliphatic heterocycles. The lowest BCUT2D eigenvalue weighted by atomic mass is 9.92. The van der Waals surface area contributed by atoms with Gasteiger partial charge in [-0.3, -0.25) is 0 Å². The number of halogens is 1. The van der Waals surface area contributed by atoms with E-state index in [1.54, 1.807) is 0 Å². The van der Waals surface area contributed by atoms with Crippen molar-refractivity contribution in [2.75, 3.05) is 0 Å². The summed E-state index contributed by atoms with van der Waals surface area (Å²) in [6.45, 7) is 6.42. The van der Waals surface area contributed by atoms with E-state index >= 15 is 0 Å². The fourth-order valence-corrected chi connectivity index (χ4v) is 1.53. The molecule has 0 radical (unpaired) electrons. The molecule has 14 heavy (non-hydrogen) atoms. The van der Waals surface area contributed by atoms with Crippen molar-refractivity contribution >= 4 is 11.6 Å². The summed E-state index contributed by atoms with van der Waals surface area (Å²) in [4.78, 5) is 8.83. The fraction of sp³-hybridized carbons (Fsp3) is 0.636. The molecule has 0 spiro atoms. The average Bonchev–Trinajstić information content (AvgIpc) is 2.83. The largest absolute Gasteiger partial charge is 0.237 e. The molecule has 1 aromatic heterocycles. The minimum atomic E-state index is 0.0518. The van der Waals surface area contributed by atoms with Gasteiger partial charge < -0.3 is 0 Å². The van der Waals surface area contributed by atoms with Crippen LogP contribution in [0.3, 0.4) is 0 Å². The Balaban J connectivity index is 2.41. The van der Waals surface area contributed by atoms with E-state index in [0.717, 1.165) is 11.5 Å². The number of aromatic nitrogens is 2. The summed E-state index contributed by atoms with van der Waals surface area (Å²) in [5, 5.41) is 0.576. The SMILES string of the molecule is CC(C)(C)c1cc(Cl)nc(C2CC2)n1. The Morgan fingerprint density at radius 2 is 1.93 bits per heavy atom. The smallest absolute Gasteiger partial charge is 0.133 e. The first-order chi connectivity index (χ1) is 6.47. The third-order valence-electron chi connectivity index (χ3n) is 2.42. The molecule has 1 heterocycles. The molecule has 0 atom stereocenters. The quantitative estimate of drug-likeness (QED) is 0.665. The molecule has 2 rings (SSSR count). The minimum absolute atomic E-state index is 0.0518. The van der Waals surface area contributed by atoms with Gasteiger partial charge in [0.25, 0.3) is 0 Å². The van der Waals surface area contributed by atoms with E-state index in [2.05, 4.69) is 30.7 Å². The number of hydrogen-bond donors (Lipinski definition) is 0. The van der Waals surface area contributed by atoms with Crippen molar-refractivity contribution in [3.63, 3.8) is 0 Å². The van der Waals surface area contributed by atoms with Gasteiger partial charge >= 0.3 is 0 Å². The van der Waals surface area contributed by atoms with Gasteiger partial charge in [0.05, 0.1) is 5.69 Å². The van der Waals surface area contributed by atoms with Crippen LogP contribution in [0.4, 0.5) is 0 Å². The fourth-order valence-electron chi connectivity index (χ4n) is 1.34. The summed E-state index contributed by atoms with van der Waals surface area (Å²) in [6, 6.07) is 1.87. The van der Waals surface area contributed by atoms with E-state index in [1.807, 2.05) is 6.07 Å². The van der Waals surface area contributed by atoms with Gasteiger partial charge in [-0.05, 0) is 18.9 Å². The molecule has 1 aromatic rings. The highest BCUT2D eigenvalue weighted by Gasteiger charge is 2.28.